The molecule has 0 aliphatic carbocycles. The van der Waals surface area contributed by atoms with E-state index in [9.17, 15) is 9.90 Å². The van der Waals surface area contributed by atoms with Crippen LogP contribution in [0.4, 0.5) is 0 Å². The van der Waals surface area contributed by atoms with Gasteiger partial charge in [0.2, 0.25) is 0 Å². The van der Waals surface area contributed by atoms with Gasteiger partial charge in [0.25, 0.3) is 0 Å². The SMILES string of the molecule is O=C(O)/C=C(\O)c1ccccc1. The van der Waals surface area contributed by atoms with Gasteiger partial charge in [-0.3, -0.25) is 0 Å². The number of benzene rings is 1. The number of carboxylic acids is 1. The minimum Gasteiger partial charge on any atom is -0.507 e. The third kappa shape index (κ3) is 2.12. The predicted octanol–water partition coefficient (Wildman–Crippen LogP) is 1.67. The molecule has 0 aliphatic rings. The largest absolute Gasteiger partial charge is 0.507 e. The summed E-state index contributed by atoms with van der Waals surface area (Å²) in [6.45, 7) is 0. The van der Waals surface area contributed by atoms with Crippen molar-refractivity contribution in [3.05, 3.63) is 42.0 Å². The molecule has 0 fully saturated rings. The molecule has 3 nitrogen and oxygen atoms in total. The Morgan fingerprint density at radius 3 is 2.25 bits per heavy atom. The van der Waals surface area contributed by atoms with E-state index in [0.717, 1.165) is 6.08 Å². The normalized spacial score (nSPS) is 11.2. The summed E-state index contributed by atoms with van der Waals surface area (Å²) in [6.07, 6.45) is 0.759. The molecule has 0 aromatic heterocycles. The van der Waals surface area contributed by atoms with Gasteiger partial charge >= 0.3 is 5.97 Å². The Hall–Kier alpha value is -1.77. The minimum absolute atomic E-state index is 0.233. The van der Waals surface area contributed by atoms with Crippen molar-refractivity contribution in [3.8, 4) is 0 Å². The summed E-state index contributed by atoms with van der Waals surface area (Å²) < 4.78 is 0. The first-order valence-corrected chi connectivity index (χ1v) is 3.39. The van der Waals surface area contributed by atoms with Crippen LogP contribution in [0, 0.1) is 0 Å². The van der Waals surface area contributed by atoms with Crippen molar-refractivity contribution in [1.29, 1.82) is 0 Å². The lowest BCUT2D eigenvalue weighted by molar-refractivity contribution is -0.131. The molecule has 0 saturated heterocycles. The van der Waals surface area contributed by atoms with Crippen LogP contribution in [0.1, 0.15) is 5.56 Å². The van der Waals surface area contributed by atoms with Crippen molar-refractivity contribution in [3.63, 3.8) is 0 Å². The molecule has 2 N–H and O–H groups in total. The molecule has 0 saturated carbocycles. The fourth-order valence-corrected chi connectivity index (χ4v) is 0.809. The summed E-state index contributed by atoms with van der Waals surface area (Å²) in [7, 11) is 0. The summed E-state index contributed by atoms with van der Waals surface area (Å²) >= 11 is 0. The molecular weight excluding hydrogens is 156 g/mol. The van der Waals surface area contributed by atoms with Gasteiger partial charge in [0.05, 0.1) is 6.08 Å². The number of hydrogen-bond acceptors (Lipinski definition) is 2. The average molecular weight is 164 g/mol. The van der Waals surface area contributed by atoms with E-state index in [1.54, 1.807) is 30.3 Å². The lowest BCUT2D eigenvalue weighted by atomic mass is 10.2. The van der Waals surface area contributed by atoms with Crippen LogP contribution in [0.2, 0.25) is 0 Å². The fourth-order valence-electron chi connectivity index (χ4n) is 0.809. The van der Waals surface area contributed by atoms with E-state index in [1.165, 1.54) is 0 Å². The van der Waals surface area contributed by atoms with E-state index in [4.69, 9.17) is 5.11 Å². The van der Waals surface area contributed by atoms with E-state index in [-0.39, 0.29) is 5.76 Å². The van der Waals surface area contributed by atoms with E-state index >= 15 is 0 Å². The first kappa shape index (κ1) is 8.33. The minimum atomic E-state index is -1.16. The van der Waals surface area contributed by atoms with Crippen molar-refractivity contribution in [2.75, 3.05) is 0 Å². The standard InChI is InChI=1S/C9H8O3/c10-8(6-9(11)12)7-4-2-1-3-5-7/h1-6,10H,(H,11,12)/b8-6-. The molecule has 1 rings (SSSR count). The van der Waals surface area contributed by atoms with E-state index < -0.39 is 5.97 Å². The van der Waals surface area contributed by atoms with Gasteiger partial charge in [0, 0.05) is 5.56 Å². The van der Waals surface area contributed by atoms with Crippen molar-refractivity contribution < 1.29 is 15.0 Å². The maximum Gasteiger partial charge on any atom is 0.332 e. The van der Waals surface area contributed by atoms with Crippen LogP contribution in [0.5, 0.6) is 0 Å². The quantitative estimate of drug-likeness (QED) is 0.516. The Morgan fingerprint density at radius 2 is 1.75 bits per heavy atom. The monoisotopic (exact) mass is 164 g/mol. The maximum absolute atomic E-state index is 10.1. The Morgan fingerprint density at radius 1 is 1.17 bits per heavy atom. The third-order valence-corrected chi connectivity index (χ3v) is 1.33. The number of aliphatic hydroxyl groups excluding tert-OH is 1. The van der Waals surface area contributed by atoms with Gasteiger partial charge in [-0.2, -0.15) is 0 Å². The van der Waals surface area contributed by atoms with Crippen LogP contribution in [0.3, 0.4) is 0 Å². The van der Waals surface area contributed by atoms with Gasteiger partial charge in [-0.25, -0.2) is 4.79 Å². The highest BCUT2D eigenvalue weighted by Crippen LogP contribution is 2.09. The number of carbonyl (C=O) groups is 1. The zero-order valence-electron chi connectivity index (χ0n) is 6.27. The second kappa shape index (κ2) is 3.57. The van der Waals surface area contributed by atoms with E-state index in [0.29, 0.717) is 5.56 Å². The van der Waals surface area contributed by atoms with Gasteiger partial charge in [-0.05, 0) is 0 Å². The fraction of sp³-hybridized carbons (Fsp3) is 0. The number of hydrogen-bond donors (Lipinski definition) is 2. The molecule has 3 heteroatoms. The van der Waals surface area contributed by atoms with E-state index in [1.807, 2.05) is 0 Å². The van der Waals surface area contributed by atoms with Crippen LogP contribution >= 0.6 is 0 Å². The topological polar surface area (TPSA) is 57.5 Å². The highest BCUT2D eigenvalue weighted by Gasteiger charge is 1.98. The second-order valence-electron chi connectivity index (χ2n) is 2.23. The first-order valence-electron chi connectivity index (χ1n) is 3.39. The molecular formula is C9H8O3. The van der Waals surface area contributed by atoms with Gasteiger partial charge in [-0.1, -0.05) is 30.3 Å². The van der Waals surface area contributed by atoms with Crippen molar-refractivity contribution in [2.24, 2.45) is 0 Å². The lowest BCUT2D eigenvalue weighted by Gasteiger charge is -1.96. The maximum atomic E-state index is 10.1. The van der Waals surface area contributed by atoms with Crippen molar-refractivity contribution in [2.45, 2.75) is 0 Å². The summed E-state index contributed by atoms with van der Waals surface area (Å²) in [5, 5.41) is 17.5. The Balaban J connectivity index is 2.93. The van der Waals surface area contributed by atoms with Crippen molar-refractivity contribution in [1.82, 2.24) is 0 Å². The van der Waals surface area contributed by atoms with Crippen LogP contribution < -0.4 is 0 Å². The first-order chi connectivity index (χ1) is 5.70. The molecule has 62 valence electrons. The number of carboxylic acid groups (broad SMARTS) is 1. The van der Waals surface area contributed by atoms with Crippen LogP contribution in [-0.2, 0) is 4.79 Å². The third-order valence-electron chi connectivity index (χ3n) is 1.33. The molecule has 0 aliphatic heterocycles. The molecule has 0 bridgehead atoms. The number of aliphatic hydroxyl groups is 1. The summed E-state index contributed by atoms with van der Waals surface area (Å²) in [6, 6.07) is 8.50. The molecule has 0 radical (unpaired) electrons. The molecule has 0 unspecified atom stereocenters. The van der Waals surface area contributed by atoms with Crippen LogP contribution in [0.15, 0.2) is 36.4 Å². The summed E-state index contributed by atoms with van der Waals surface area (Å²) in [4.78, 5) is 10.1. The van der Waals surface area contributed by atoms with Gasteiger partial charge in [0.15, 0.2) is 0 Å². The average Bonchev–Trinajstić information content (AvgIpc) is 2.05. The van der Waals surface area contributed by atoms with Gasteiger partial charge < -0.3 is 10.2 Å². The Bertz CT molecular complexity index is 301. The second-order valence-corrected chi connectivity index (χ2v) is 2.23. The van der Waals surface area contributed by atoms with Crippen LogP contribution in [0.25, 0.3) is 5.76 Å². The summed E-state index contributed by atoms with van der Waals surface area (Å²) in [5.41, 5.74) is 0.500. The molecule has 1 aromatic rings. The lowest BCUT2D eigenvalue weighted by Crippen LogP contribution is -1.91. The highest BCUT2D eigenvalue weighted by molar-refractivity contribution is 5.87. The zero-order valence-corrected chi connectivity index (χ0v) is 6.27. The number of rotatable bonds is 2. The van der Waals surface area contributed by atoms with E-state index in [2.05, 4.69) is 0 Å². The summed E-state index contributed by atoms with van der Waals surface area (Å²) in [5.74, 6) is -1.39. The molecule has 0 amide bonds. The molecule has 0 atom stereocenters. The smallest absolute Gasteiger partial charge is 0.332 e. The van der Waals surface area contributed by atoms with Gasteiger partial charge in [-0.15, -0.1) is 0 Å². The van der Waals surface area contributed by atoms with Crippen molar-refractivity contribution >= 4 is 11.7 Å². The molecule has 12 heavy (non-hydrogen) atoms. The predicted molar refractivity (Wildman–Crippen MR) is 44.7 cm³/mol. The highest BCUT2D eigenvalue weighted by atomic mass is 16.4. The van der Waals surface area contributed by atoms with Gasteiger partial charge in [0.1, 0.15) is 5.76 Å². The molecule has 0 spiro atoms. The Labute approximate surface area is 69.6 Å². The number of aliphatic carboxylic acids is 1. The Kier molecular flexibility index (Phi) is 2.48. The molecule has 1 aromatic carbocycles. The van der Waals surface area contributed by atoms with Crippen LogP contribution in [-0.4, -0.2) is 16.2 Å². The molecule has 0 heterocycles. The zero-order chi connectivity index (χ0) is 8.97.